The summed E-state index contributed by atoms with van der Waals surface area (Å²) in [5.41, 5.74) is 0.782. The molecule has 0 saturated carbocycles. The maximum atomic E-state index is 14.5. The van der Waals surface area contributed by atoms with Crippen LogP contribution in [0.2, 0.25) is 5.02 Å². The second-order valence-corrected chi connectivity index (χ2v) is 9.49. The molecule has 2 aliphatic heterocycles. The van der Waals surface area contributed by atoms with Crippen LogP contribution in [0.5, 0.6) is 0 Å². The molecule has 4 rings (SSSR count). The molecule has 0 spiro atoms. The highest BCUT2D eigenvalue weighted by molar-refractivity contribution is 7.11. The molecular formula is C23H24ClFN4O6S. The fourth-order valence-electron chi connectivity index (χ4n) is 3.87. The Bertz CT molecular complexity index is 1190. The number of benzene rings is 1. The van der Waals surface area contributed by atoms with Crippen molar-refractivity contribution in [3.8, 4) is 0 Å². The third kappa shape index (κ3) is 5.84. The van der Waals surface area contributed by atoms with Crippen LogP contribution in [0.1, 0.15) is 30.5 Å². The Morgan fingerprint density at radius 3 is 2.92 bits per heavy atom. The number of rotatable bonds is 7. The monoisotopic (exact) mass is 538 g/mol. The highest BCUT2D eigenvalue weighted by Crippen LogP contribution is 2.37. The molecule has 3 heterocycles. The Morgan fingerprint density at radius 1 is 1.42 bits per heavy atom. The quantitative estimate of drug-likeness (QED) is 0.509. The number of aromatic nitrogens is 1. The minimum absolute atomic E-state index is 0.0257. The number of nitrogens with one attached hydrogen (secondary N) is 1. The Morgan fingerprint density at radius 2 is 2.22 bits per heavy atom. The number of esters is 1. The minimum atomic E-state index is -1.45. The van der Waals surface area contributed by atoms with Crippen molar-refractivity contribution in [2.24, 2.45) is 4.99 Å². The van der Waals surface area contributed by atoms with Gasteiger partial charge in [-0.15, -0.1) is 11.3 Å². The van der Waals surface area contributed by atoms with E-state index in [1.54, 1.807) is 36.4 Å². The second kappa shape index (κ2) is 11.3. The molecule has 2 aromatic rings. The standard InChI is InChI=1S/C23H24ClFN4O6S/c1-12(2)34-22(30)17-15(10-29-7-8-33-11-16(29)35-23(31)32)27-20(21-26-6-9-36-21)28-19(17)13-4-3-5-14(25)18(13)24/h3-6,9,12,16,19H,7-8,10-11H2,1-2H3,(H,27,28)(H,31,32)/t16-,19-/m0/s1. The van der Waals surface area contributed by atoms with E-state index in [9.17, 15) is 14.0 Å². The number of aliphatic imine (C=N–C) groups is 1. The number of carbonyl (C=O) groups is 2. The molecule has 36 heavy (non-hydrogen) atoms. The fourth-order valence-corrected chi connectivity index (χ4v) is 4.69. The number of ether oxygens (including phenoxy) is 3. The van der Waals surface area contributed by atoms with Crippen LogP contribution >= 0.6 is 22.9 Å². The van der Waals surface area contributed by atoms with Gasteiger partial charge in [-0.3, -0.25) is 9.89 Å². The summed E-state index contributed by atoms with van der Waals surface area (Å²) in [7, 11) is 0. The first-order valence-corrected chi connectivity index (χ1v) is 12.3. The van der Waals surface area contributed by atoms with Gasteiger partial charge in [0.05, 0.1) is 29.9 Å². The molecule has 0 aliphatic carbocycles. The number of amidine groups is 1. The van der Waals surface area contributed by atoms with Crippen molar-refractivity contribution in [3.05, 3.63) is 62.5 Å². The number of halogens is 2. The normalized spacial score (nSPS) is 20.6. The maximum Gasteiger partial charge on any atom is 0.507 e. The minimum Gasteiger partial charge on any atom is -0.459 e. The smallest absolute Gasteiger partial charge is 0.459 e. The van der Waals surface area contributed by atoms with Crippen molar-refractivity contribution in [1.82, 2.24) is 15.2 Å². The lowest BCUT2D eigenvalue weighted by atomic mass is 9.95. The molecule has 192 valence electrons. The highest BCUT2D eigenvalue weighted by atomic mass is 35.5. The summed E-state index contributed by atoms with van der Waals surface area (Å²) >= 11 is 7.66. The van der Waals surface area contributed by atoms with Crippen molar-refractivity contribution < 1.29 is 33.3 Å². The van der Waals surface area contributed by atoms with Gasteiger partial charge in [0.15, 0.2) is 17.1 Å². The molecule has 0 bridgehead atoms. The van der Waals surface area contributed by atoms with Crippen LogP contribution in [0.25, 0.3) is 0 Å². The van der Waals surface area contributed by atoms with E-state index in [0.717, 1.165) is 0 Å². The predicted molar refractivity (Wildman–Crippen MR) is 129 cm³/mol. The molecule has 1 aromatic carbocycles. The zero-order chi connectivity index (χ0) is 25.8. The van der Waals surface area contributed by atoms with Crippen molar-refractivity contribution in [1.29, 1.82) is 0 Å². The van der Waals surface area contributed by atoms with Crippen LogP contribution in [-0.2, 0) is 19.0 Å². The van der Waals surface area contributed by atoms with Gasteiger partial charge in [-0.2, -0.15) is 0 Å². The molecule has 2 aliphatic rings. The van der Waals surface area contributed by atoms with Crippen LogP contribution in [0.4, 0.5) is 9.18 Å². The molecule has 0 radical (unpaired) electrons. The van der Waals surface area contributed by atoms with Gasteiger partial charge in [0.2, 0.25) is 0 Å². The number of hydrogen-bond acceptors (Lipinski definition) is 10. The van der Waals surface area contributed by atoms with Crippen molar-refractivity contribution in [2.75, 3.05) is 26.3 Å². The molecule has 2 N–H and O–H groups in total. The summed E-state index contributed by atoms with van der Waals surface area (Å²) in [6.07, 6.45) is -1.18. The van der Waals surface area contributed by atoms with Crippen LogP contribution in [-0.4, -0.2) is 71.6 Å². The lowest BCUT2D eigenvalue weighted by molar-refractivity contribution is -0.143. The van der Waals surface area contributed by atoms with Gasteiger partial charge in [0.25, 0.3) is 0 Å². The largest absolute Gasteiger partial charge is 0.507 e. The number of hydrogen-bond donors (Lipinski definition) is 2. The van der Waals surface area contributed by atoms with E-state index < -0.39 is 36.3 Å². The average Bonchev–Trinajstić information content (AvgIpc) is 3.36. The number of carbonyl (C=O) groups excluding carboxylic acids is 1. The molecule has 13 heteroatoms. The lowest BCUT2D eigenvalue weighted by Gasteiger charge is -2.36. The zero-order valence-corrected chi connectivity index (χ0v) is 21.0. The summed E-state index contributed by atoms with van der Waals surface area (Å²) in [6, 6.07) is 3.29. The summed E-state index contributed by atoms with van der Waals surface area (Å²) in [4.78, 5) is 35.3. The third-order valence-electron chi connectivity index (χ3n) is 5.39. The lowest BCUT2D eigenvalue weighted by Crippen LogP contribution is -2.50. The van der Waals surface area contributed by atoms with Gasteiger partial charge in [0, 0.05) is 35.9 Å². The molecule has 1 fully saturated rings. The summed E-state index contributed by atoms with van der Waals surface area (Å²) in [6.45, 7) is 4.19. The topological polar surface area (TPSA) is 123 Å². The highest BCUT2D eigenvalue weighted by Gasteiger charge is 2.37. The van der Waals surface area contributed by atoms with Gasteiger partial charge in [-0.25, -0.2) is 19.0 Å². The maximum absolute atomic E-state index is 14.5. The number of carboxylic acid groups (broad SMARTS) is 1. The second-order valence-electron chi connectivity index (χ2n) is 8.22. The van der Waals surface area contributed by atoms with Crippen LogP contribution in [0, 0.1) is 5.82 Å². The van der Waals surface area contributed by atoms with E-state index in [1.807, 2.05) is 0 Å². The van der Waals surface area contributed by atoms with Crippen molar-refractivity contribution in [3.63, 3.8) is 0 Å². The van der Waals surface area contributed by atoms with E-state index in [4.69, 9.17) is 35.9 Å². The van der Waals surface area contributed by atoms with E-state index in [2.05, 4.69) is 10.3 Å². The molecule has 0 amide bonds. The van der Waals surface area contributed by atoms with Gasteiger partial charge in [0.1, 0.15) is 11.9 Å². The first kappa shape index (κ1) is 26.0. The van der Waals surface area contributed by atoms with Gasteiger partial charge in [-0.1, -0.05) is 23.7 Å². The first-order chi connectivity index (χ1) is 17.2. The van der Waals surface area contributed by atoms with Crippen LogP contribution in [0.15, 0.2) is 46.0 Å². The van der Waals surface area contributed by atoms with Crippen LogP contribution in [0.3, 0.4) is 0 Å². The molecular weight excluding hydrogens is 515 g/mol. The van der Waals surface area contributed by atoms with Gasteiger partial charge in [-0.05, 0) is 19.9 Å². The van der Waals surface area contributed by atoms with Crippen LogP contribution < -0.4 is 5.32 Å². The molecule has 2 atom stereocenters. The zero-order valence-electron chi connectivity index (χ0n) is 19.4. The van der Waals surface area contributed by atoms with Gasteiger partial charge < -0.3 is 24.6 Å². The summed E-state index contributed by atoms with van der Waals surface area (Å²) in [5.74, 6) is -0.959. The molecule has 1 aromatic heterocycles. The SMILES string of the molecule is CC(C)OC(=O)C1=C(CN2CCOC[C@@H]2OC(=O)O)NC(c2nccs2)=N[C@H]1c1cccc(F)c1Cl. The van der Waals surface area contributed by atoms with Gasteiger partial charge >= 0.3 is 12.1 Å². The Hall–Kier alpha value is -3.06. The first-order valence-electron chi connectivity index (χ1n) is 11.1. The Balaban J connectivity index is 1.83. The predicted octanol–water partition coefficient (Wildman–Crippen LogP) is 3.59. The average molecular weight is 539 g/mol. The third-order valence-corrected chi connectivity index (χ3v) is 6.57. The number of thiazole rings is 1. The Kier molecular flexibility index (Phi) is 8.19. The van der Waals surface area contributed by atoms with E-state index in [1.165, 1.54) is 23.5 Å². The number of nitrogens with zero attached hydrogens (tertiary/aromatic N) is 3. The molecule has 0 unspecified atom stereocenters. The fraction of sp³-hybridized carbons (Fsp3) is 0.391. The summed E-state index contributed by atoms with van der Waals surface area (Å²) in [5, 5.41) is 14.5. The van der Waals surface area contributed by atoms with Crippen molar-refractivity contribution >= 4 is 40.9 Å². The Labute approximate surface area is 215 Å². The summed E-state index contributed by atoms with van der Waals surface area (Å²) < 4.78 is 30.3. The molecule has 10 nitrogen and oxygen atoms in total. The number of morpholine rings is 1. The molecule has 1 saturated heterocycles. The van der Waals surface area contributed by atoms with E-state index in [-0.39, 0.29) is 29.3 Å². The van der Waals surface area contributed by atoms with E-state index in [0.29, 0.717) is 29.7 Å². The van der Waals surface area contributed by atoms with Crippen molar-refractivity contribution in [2.45, 2.75) is 32.2 Å². The van der Waals surface area contributed by atoms with E-state index >= 15 is 0 Å².